The first-order chi connectivity index (χ1) is 11.6. The minimum absolute atomic E-state index is 0.146. The van der Waals surface area contributed by atoms with Crippen LogP contribution in [-0.2, 0) is 4.79 Å². The summed E-state index contributed by atoms with van der Waals surface area (Å²) in [6.45, 7) is 2.14. The molecule has 1 heterocycles. The second-order valence-electron chi connectivity index (χ2n) is 6.24. The van der Waals surface area contributed by atoms with E-state index in [1.807, 2.05) is 24.3 Å². The van der Waals surface area contributed by atoms with Gasteiger partial charge >= 0.3 is 6.03 Å². The molecule has 1 aromatic heterocycles. The SMILES string of the molecule is C[C@H]1CCCC[C@@H]1NC(=O)NC(=O)CSc1nc2ccccc2[nH]1. The van der Waals surface area contributed by atoms with Crippen LogP contribution in [0.5, 0.6) is 0 Å². The number of hydrogen-bond acceptors (Lipinski definition) is 4. The van der Waals surface area contributed by atoms with E-state index in [1.54, 1.807) is 0 Å². The molecule has 0 bridgehead atoms. The summed E-state index contributed by atoms with van der Waals surface area (Å²) in [5.74, 6) is 0.291. The van der Waals surface area contributed by atoms with Gasteiger partial charge in [-0.2, -0.15) is 0 Å². The van der Waals surface area contributed by atoms with Crippen LogP contribution in [0.3, 0.4) is 0 Å². The highest BCUT2D eigenvalue weighted by Crippen LogP contribution is 2.23. The number of nitrogens with zero attached hydrogens (tertiary/aromatic N) is 1. The zero-order chi connectivity index (χ0) is 16.9. The summed E-state index contributed by atoms with van der Waals surface area (Å²) in [7, 11) is 0. The zero-order valence-corrected chi connectivity index (χ0v) is 14.5. The standard InChI is InChI=1S/C17H22N4O2S/c1-11-6-2-3-7-12(11)18-16(23)21-15(22)10-24-17-19-13-8-4-5-9-14(13)20-17/h4-5,8-9,11-12H,2-3,6-7,10H2,1H3,(H,19,20)(H2,18,21,22,23)/t11-,12-/m0/s1. The van der Waals surface area contributed by atoms with E-state index in [4.69, 9.17) is 0 Å². The molecule has 1 saturated carbocycles. The average Bonchev–Trinajstić information content (AvgIpc) is 2.98. The minimum Gasteiger partial charge on any atom is -0.335 e. The first-order valence-corrected chi connectivity index (χ1v) is 9.28. The van der Waals surface area contributed by atoms with Crippen LogP contribution in [0, 0.1) is 5.92 Å². The van der Waals surface area contributed by atoms with Gasteiger partial charge in [-0.15, -0.1) is 0 Å². The van der Waals surface area contributed by atoms with E-state index < -0.39 is 6.03 Å². The van der Waals surface area contributed by atoms with Gasteiger partial charge in [0.15, 0.2) is 5.16 Å². The van der Waals surface area contributed by atoms with Crippen molar-refractivity contribution in [3.63, 3.8) is 0 Å². The fraction of sp³-hybridized carbons (Fsp3) is 0.471. The molecule has 0 aliphatic heterocycles. The molecular formula is C17H22N4O2S. The number of imide groups is 1. The molecule has 3 amide bonds. The lowest BCUT2D eigenvalue weighted by molar-refractivity contribution is -0.117. The van der Waals surface area contributed by atoms with E-state index in [1.165, 1.54) is 18.2 Å². The van der Waals surface area contributed by atoms with Crippen molar-refractivity contribution in [2.45, 2.75) is 43.8 Å². The molecule has 0 saturated heterocycles. The summed E-state index contributed by atoms with van der Waals surface area (Å²) in [6.07, 6.45) is 4.45. The molecule has 128 valence electrons. The number of para-hydroxylation sites is 2. The maximum Gasteiger partial charge on any atom is 0.321 e. The Bertz CT molecular complexity index is 697. The molecule has 0 spiro atoms. The van der Waals surface area contributed by atoms with Crippen molar-refractivity contribution in [3.05, 3.63) is 24.3 Å². The third kappa shape index (κ3) is 4.29. The number of benzene rings is 1. The van der Waals surface area contributed by atoms with E-state index in [2.05, 4.69) is 27.5 Å². The molecule has 1 aliphatic carbocycles. The lowest BCUT2D eigenvalue weighted by atomic mass is 9.86. The van der Waals surface area contributed by atoms with E-state index in [9.17, 15) is 9.59 Å². The topological polar surface area (TPSA) is 86.9 Å². The molecule has 7 heteroatoms. The lowest BCUT2D eigenvalue weighted by Gasteiger charge is -2.29. The van der Waals surface area contributed by atoms with Crippen molar-refractivity contribution in [3.8, 4) is 0 Å². The molecular weight excluding hydrogens is 324 g/mol. The highest BCUT2D eigenvalue weighted by molar-refractivity contribution is 7.99. The van der Waals surface area contributed by atoms with Gasteiger partial charge in [-0.3, -0.25) is 10.1 Å². The number of imidazole rings is 1. The number of aromatic nitrogens is 2. The van der Waals surface area contributed by atoms with Gasteiger partial charge in [0.2, 0.25) is 5.91 Å². The molecule has 2 atom stereocenters. The second-order valence-corrected chi connectivity index (χ2v) is 7.20. The molecule has 0 radical (unpaired) electrons. The normalized spacial score (nSPS) is 20.7. The Balaban J connectivity index is 1.45. The number of carbonyl (C=O) groups is 2. The van der Waals surface area contributed by atoms with Gasteiger partial charge in [-0.05, 0) is 30.9 Å². The predicted molar refractivity (Wildman–Crippen MR) is 94.9 cm³/mol. The molecule has 3 rings (SSSR count). The van der Waals surface area contributed by atoms with Gasteiger partial charge in [0, 0.05) is 6.04 Å². The highest BCUT2D eigenvalue weighted by atomic mass is 32.2. The quantitative estimate of drug-likeness (QED) is 0.743. The highest BCUT2D eigenvalue weighted by Gasteiger charge is 2.23. The maximum absolute atomic E-state index is 11.9. The van der Waals surface area contributed by atoms with Gasteiger partial charge in [-0.1, -0.05) is 43.7 Å². The summed E-state index contributed by atoms with van der Waals surface area (Å²) >= 11 is 1.28. The fourth-order valence-electron chi connectivity index (χ4n) is 3.03. The Morgan fingerprint density at radius 2 is 2.08 bits per heavy atom. The summed E-state index contributed by atoms with van der Waals surface area (Å²) < 4.78 is 0. The third-order valence-electron chi connectivity index (χ3n) is 4.39. The van der Waals surface area contributed by atoms with Gasteiger partial charge in [0.05, 0.1) is 16.8 Å². The first-order valence-electron chi connectivity index (χ1n) is 8.30. The van der Waals surface area contributed by atoms with Crippen LogP contribution in [0.2, 0.25) is 0 Å². The molecule has 0 unspecified atom stereocenters. The van der Waals surface area contributed by atoms with Crippen LogP contribution in [0.4, 0.5) is 4.79 Å². The van der Waals surface area contributed by atoms with Crippen molar-refractivity contribution in [1.29, 1.82) is 0 Å². The molecule has 1 fully saturated rings. The van der Waals surface area contributed by atoms with Gasteiger partial charge in [0.25, 0.3) is 0 Å². The Morgan fingerprint density at radius 1 is 1.29 bits per heavy atom. The number of urea groups is 1. The van der Waals surface area contributed by atoms with Crippen LogP contribution in [0.1, 0.15) is 32.6 Å². The van der Waals surface area contributed by atoms with E-state index in [0.29, 0.717) is 11.1 Å². The smallest absolute Gasteiger partial charge is 0.321 e. The largest absolute Gasteiger partial charge is 0.335 e. The number of fused-ring (bicyclic) bond motifs is 1. The first kappa shape index (κ1) is 16.8. The Morgan fingerprint density at radius 3 is 2.88 bits per heavy atom. The number of amides is 3. The number of H-pyrrole nitrogens is 1. The molecule has 6 nitrogen and oxygen atoms in total. The van der Waals surface area contributed by atoms with Crippen molar-refractivity contribution in [2.75, 3.05) is 5.75 Å². The summed E-state index contributed by atoms with van der Waals surface area (Å²) in [5, 5.41) is 5.99. The number of carbonyl (C=O) groups excluding carboxylic acids is 2. The fourth-order valence-corrected chi connectivity index (χ4v) is 3.71. The van der Waals surface area contributed by atoms with E-state index in [-0.39, 0.29) is 17.7 Å². The number of nitrogens with one attached hydrogen (secondary N) is 3. The summed E-state index contributed by atoms with van der Waals surface area (Å²) in [5.41, 5.74) is 1.80. The average molecular weight is 346 g/mol. The van der Waals surface area contributed by atoms with Gasteiger partial charge in [0.1, 0.15) is 0 Å². The lowest BCUT2D eigenvalue weighted by Crippen LogP contribution is -2.48. The maximum atomic E-state index is 11.9. The molecule has 3 N–H and O–H groups in total. The second kappa shape index (κ2) is 7.70. The molecule has 1 aromatic carbocycles. The Hall–Kier alpha value is -2.02. The molecule has 24 heavy (non-hydrogen) atoms. The van der Waals surface area contributed by atoms with Crippen molar-refractivity contribution >= 4 is 34.7 Å². The monoisotopic (exact) mass is 346 g/mol. The van der Waals surface area contributed by atoms with Crippen LogP contribution in [0.25, 0.3) is 11.0 Å². The summed E-state index contributed by atoms with van der Waals surface area (Å²) in [6, 6.07) is 7.46. The van der Waals surface area contributed by atoms with Crippen LogP contribution < -0.4 is 10.6 Å². The summed E-state index contributed by atoms with van der Waals surface area (Å²) in [4.78, 5) is 31.4. The van der Waals surface area contributed by atoms with E-state index >= 15 is 0 Å². The van der Waals surface area contributed by atoms with Crippen LogP contribution >= 0.6 is 11.8 Å². The van der Waals surface area contributed by atoms with Crippen molar-refractivity contribution in [2.24, 2.45) is 5.92 Å². The van der Waals surface area contributed by atoms with Gasteiger partial charge < -0.3 is 10.3 Å². The number of hydrogen-bond donors (Lipinski definition) is 3. The zero-order valence-electron chi connectivity index (χ0n) is 13.7. The number of aromatic amines is 1. The Labute approximate surface area is 145 Å². The third-order valence-corrected chi connectivity index (χ3v) is 5.26. The Kier molecular flexibility index (Phi) is 5.40. The number of rotatable bonds is 4. The van der Waals surface area contributed by atoms with Gasteiger partial charge in [-0.25, -0.2) is 9.78 Å². The van der Waals surface area contributed by atoms with Crippen LogP contribution in [-0.4, -0.2) is 33.7 Å². The molecule has 1 aliphatic rings. The predicted octanol–water partition coefficient (Wildman–Crippen LogP) is 3.06. The van der Waals surface area contributed by atoms with E-state index in [0.717, 1.165) is 30.3 Å². The minimum atomic E-state index is -0.399. The number of thioether (sulfide) groups is 1. The molecule has 2 aromatic rings. The van der Waals surface area contributed by atoms with Crippen molar-refractivity contribution in [1.82, 2.24) is 20.6 Å². The van der Waals surface area contributed by atoms with Crippen LogP contribution in [0.15, 0.2) is 29.4 Å². The van der Waals surface area contributed by atoms with Crippen molar-refractivity contribution < 1.29 is 9.59 Å².